The molecule has 2 heteroatoms. The number of fused-ring (bicyclic) bond motifs is 12. The van der Waals surface area contributed by atoms with Gasteiger partial charge in [0.15, 0.2) is 0 Å². The summed E-state index contributed by atoms with van der Waals surface area (Å²) in [7, 11) is 0. The molecule has 12 rings (SSSR count). The molecule has 0 spiro atoms. The van der Waals surface area contributed by atoms with E-state index in [1.165, 1.54) is 59.7 Å². The number of benzene rings is 10. The molecule has 0 fully saturated rings. The number of hydrogen-bond acceptors (Lipinski definition) is 1. The Bertz CT molecular complexity index is 3500. The number of para-hydroxylation sites is 3. The SMILES string of the molecule is c1ccc(-c2cccc3c2oc2c(-c4ccc5c6ccccc6n(-c6cccc(-c7ccc8c9ccccc9c9ccccc9c8c7)c6)c5c4)cccc23)cc1. The fraction of sp³-hybridized carbons (Fsp3) is 0. The third-order valence-corrected chi connectivity index (χ3v) is 11.8. The summed E-state index contributed by atoms with van der Waals surface area (Å²) in [5, 5.41) is 12.4. The second kappa shape index (κ2) is 12.0. The normalized spacial score (nSPS) is 11.9. The van der Waals surface area contributed by atoms with Crippen molar-refractivity contribution in [3.05, 3.63) is 200 Å². The maximum atomic E-state index is 6.85. The molecular formula is C54H33NO. The van der Waals surface area contributed by atoms with E-state index in [0.29, 0.717) is 0 Å². The van der Waals surface area contributed by atoms with E-state index in [2.05, 4.69) is 205 Å². The fourth-order valence-corrected chi connectivity index (χ4v) is 9.22. The highest BCUT2D eigenvalue weighted by Crippen LogP contribution is 2.42. The maximum absolute atomic E-state index is 6.85. The number of nitrogens with zero attached hydrogens (tertiary/aromatic N) is 1. The van der Waals surface area contributed by atoms with Gasteiger partial charge in [-0.25, -0.2) is 0 Å². The molecule has 12 aromatic rings. The van der Waals surface area contributed by atoms with E-state index < -0.39 is 0 Å². The van der Waals surface area contributed by atoms with E-state index in [1.54, 1.807) is 0 Å². The van der Waals surface area contributed by atoms with Crippen LogP contribution in [-0.4, -0.2) is 4.57 Å². The first kappa shape index (κ1) is 31.0. The molecule has 0 saturated heterocycles. The number of furan rings is 1. The van der Waals surface area contributed by atoms with Crippen LogP contribution in [0.2, 0.25) is 0 Å². The smallest absolute Gasteiger partial charge is 0.143 e. The summed E-state index contributed by atoms with van der Waals surface area (Å²) in [5.74, 6) is 0. The minimum atomic E-state index is 0.909. The average molecular weight is 712 g/mol. The molecule has 2 nitrogen and oxygen atoms in total. The molecule has 0 unspecified atom stereocenters. The van der Waals surface area contributed by atoms with E-state index in [1.807, 2.05) is 0 Å². The number of hydrogen-bond donors (Lipinski definition) is 0. The number of rotatable bonds is 4. The van der Waals surface area contributed by atoms with Crippen molar-refractivity contribution >= 4 is 76.1 Å². The lowest BCUT2D eigenvalue weighted by Crippen LogP contribution is -1.94. The minimum absolute atomic E-state index is 0.909. The predicted molar refractivity (Wildman–Crippen MR) is 237 cm³/mol. The Morgan fingerprint density at radius 2 is 0.750 bits per heavy atom. The second-order valence-corrected chi connectivity index (χ2v) is 14.8. The molecule has 10 aromatic carbocycles. The van der Waals surface area contributed by atoms with Crippen LogP contribution in [0, 0.1) is 0 Å². The van der Waals surface area contributed by atoms with Crippen LogP contribution in [0.5, 0.6) is 0 Å². The second-order valence-electron chi connectivity index (χ2n) is 14.8. The van der Waals surface area contributed by atoms with Gasteiger partial charge in [-0.1, -0.05) is 170 Å². The van der Waals surface area contributed by atoms with Crippen LogP contribution >= 0.6 is 0 Å². The van der Waals surface area contributed by atoms with Crippen molar-refractivity contribution in [3.63, 3.8) is 0 Å². The van der Waals surface area contributed by atoms with Gasteiger partial charge in [0.2, 0.25) is 0 Å². The highest BCUT2D eigenvalue weighted by Gasteiger charge is 2.18. The lowest BCUT2D eigenvalue weighted by Gasteiger charge is -2.13. The Hall–Kier alpha value is -7.42. The van der Waals surface area contributed by atoms with Gasteiger partial charge < -0.3 is 8.98 Å². The highest BCUT2D eigenvalue weighted by atomic mass is 16.3. The first-order chi connectivity index (χ1) is 27.8. The van der Waals surface area contributed by atoms with Gasteiger partial charge >= 0.3 is 0 Å². The summed E-state index contributed by atoms with van der Waals surface area (Å²) >= 11 is 0. The summed E-state index contributed by atoms with van der Waals surface area (Å²) in [4.78, 5) is 0. The third kappa shape index (κ3) is 4.57. The van der Waals surface area contributed by atoms with Gasteiger partial charge in [-0.05, 0) is 84.9 Å². The minimum Gasteiger partial charge on any atom is -0.455 e. The van der Waals surface area contributed by atoms with Crippen LogP contribution < -0.4 is 0 Å². The van der Waals surface area contributed by atoms with Crippen LogP contribution in [-0.2, 0) is 0 Å². The first-order valence-electron chi connectivity index (χ1n) is 19.3. The van der Waals surface area contributed by atoms with Gasteiger partial charge in [0, 0.05) is 38.4 Å². The van der Waals surface area contributed by atoms with Crippen LogP contribution in [0.25, 0.3) is 115 Å². The van der Waals surface area contributed by atoms with Crippen LogP contribution in [0.1, 0.15) is 0 Å². The molecule has 0 amide bonds. The van der Waals surface area contributed by atoms with Gasteiger partial charge in [0.05, 0.1) is 11.0 Å². The van der Waals surface area contributed by atoms with Crippen LogP contribution in [0.4, 0.5) is 0 Å². The standard InChI is InChI=1S/C54H33NO/c1-2-13-34(14-3-1)39-22-11-24-48-49-25-12-23-40(54(49)56-53(39)48)37-28-30-47-46-21-8-9-26-51(46)55(52(47)33-37)38-16-10-15-35(31-38)36-27-29-45-43-19-5-4-17-41(43)42-18-6-7-20-44(42)50(45)32-36/h1-33H. The molecule has 2 heterocycles. The van der Waals surface area contributed by atoms with E-state index >= 15 is 0 Å². The zero-order valence-electron chi connectivity index (χ0n) is 30.4. The Balaban J connectivity index is 1.04. The molecule has 2 aromatic heterocycles. The predicted octanol–water partition coefficient (Wildman–Crippen LogP) is 15.1. The Morgan fingerprint density at radius 1 is 0.268 bits per heavy atom. The van der Waals surface area contributed by atoms with Crippen LogP contribution in [0.3, 0.4) is 0 Å². The highest BCUT2D eigenvalue weighted by molar-refractivity contribution is 6.26. The molecule has 0 aliphatic rings. The van der Waals surface area contributed by atoms with Crippen molar-refractivity contribution in [2.75, 3.05) is 0 Å². The molecule has 0 N–H and O–H groups in total. The summed E-state index contributed by atoms with van der Waals surface area (Å²) in [6.45, 7) is 0. The Morgan fingerprint density at radius 3 is 1.46 bits per heavy atom. The van der Waals surface area contributed by atoms with E-state index in [4.69, 9.17) is 4.42 Å². The number of aromatic nitrogens is 1. The van der Waals surface area contributed by atoms with Crippen molar-refractivity contribution < 1.29 is 4.42 Å². The van der Waals surface area contributed by atoms with Crippen molar-refractivity contribution in [2.24, 2.45) is 0 Å². The van der Waals surface area contributed by atoms with Gasteiger partial charge in [0.1, 0.15) is 11.2 Å². The largest absolute Gasteiger partial charge is 0.455 e. The fourth-order valence-electron chi connectivity index (χ4n) is 9.22. The van der Waals surface area contributed by atoms with E-state index in [9.17, 15) is 0 Å². The molecule has 0 radical (unpaired) electrons. The van der Waals surface area contributed by atoms with E-state index in [-0.39, 0.29) is 0 Å². The molecule has 260 valence electrons. The summed E-state index contributed by atoms with van der Waals surface area (Å²) in [6.07, 6.45) is 0. The maximum Gasteiger partial charge on any atom is 0.143 e. The van der Waals surface area contributed by atoms with Crippen molar-refractivity contribution in [2.45, 2.75) is 0 Å². The van der Waals surface area contributed by atoms with Crippen molar-refractivity contribution in [3.8, 4) is 39.1 Å². The molecule has 0 aliphatic carbocycles. The van der Waals surface area contributed by atoms with Gasteiger partial charge in [0.25, 0.3) is 0 Å². The zero-order valence-corrected chi connectivity index (χ0v) is 30.4. The van der Waals surface area contributed by atoms with Crippen LogP contribution in [0.15, 0.2) is 205 Å². The quantitative estimate of drug-likeness (QED) is 0.166. The lowest BCUT2D eigenvalue weighted by molar-refractivity contribution is 0.671. The topological polar surface area (TPSA) is 18.1 Å². The third-order valence-electron chi connectivity index (χ3n) is 11.8. The van der Waals surface area contributed by atoms with Crippen molar-refractivity contribution in [1.82, 2.24) is 4.57 Å². The summed E-state index contributed by atoms with van der Waals surface area (Å²) < 4.78 is 9.27. The molecule has 0 saturated carbocycles. The van der Waals surface area contributed by atoms with Gasteiger partial charge in [-0.15, -0.1) is 0 Å². The molecule has 0 aliphatic heterocycles. The monoisotopic (exact) mass is 711 g/mol. The lowest BCUT2D eigenvalue weighted by atomic mass is 9.92. The summed E-state index contributed by atoms with van der Waals surface area (Å²) in [5.41, 5.74) is 12.2. The Kier molecular flexibility index (Phi) is 6.66. The zero-order chi connectivity index (χ0) is 36.7. The first-order valence-corrected chi connectivity index (χ1v) is 19.3. The molecule has 0 bridgehead atoms. The Labute approximate surface area is 323 Å². The van der Waals surface area contributed by atoms with Gasteiger partial charge in [-0.2, -0.15) is 0 Å². The van der Waals surface area contributed by atoms with Crippen molar-refractivity contribution in [1.29, 1.82) is 0 Å². The summed E-state index contributed by atoms with van der Waals surface area (Å²) in [6, 6.07) is 72.6. The molecule has 56 heavy (non-hydrogen) atoms. The average Bonchev–Trinajstić information content (AvgIpc) is 3.82. The van der Waals surface area contributed by atoms with Gasteiger partial charge in [-0.3, -0.25) is 0 Å². The molecule has 0 atom stereocenters. The molecular weight excluding hydrogens is 679 g/mol. The van der Waals surface area contributed by atoms with E-state index in [0.717, 1.165) is 55.4 Å².